The van der Waals surface area contributed by atoms with Gasteiger partial charge in [-0.3, -0.25) is 9.59 Å². The molecule has 0 saturated carbocycles. The number of benzene rings is 1. The predicted molar refractivity (Wildman–Crippen MR) is 70.3 cm³/mol. The van der Waals surface area contributed by atoms with Crippen LogP contribution in [0.2, 0.25) is 0 Å². The number of hydrogen-bond donors (Lipinski definition) is 3. The zero-order chi connectivity index (χ0) is 13.2. The van der Waals surface area contributed by atoms with Crippen LogP contribution in [0.4, 0.5) is 0 Å². The van der Waals surface area contributed by atoms with Crippen LogP contribution in [0.5, 0.6) is 0 Å². The lowest BCUT2D eigenvalue weighted by atomic mass is 10.2. The molecule has 0 aliphatic carbocycles. The molecule has 0 fully saturated rings. The Hall–Kier alpha value is -1.88. The first-order valence-corrected chi connectivity index (χ1v) is 5.98. The van der Waals surface area contributed by atoms with E-state index >= 15 is 0 Å². The number of carbonyl (C=O) groups is 2. The first-order chi connectivity index (χ1) is 8.74. The fourth-order valence-electron chi connectivity index (χ4n) is 1.41. The van der Waals surface area contributed by atoms with Crippen molar-refractivity contribution >= 4 is 11.8 Å². The molecule has 0 spiro atoms. The summed E-state index contributed by atoms with van der Waals surface area (Å²) < 4.78 is 0. The SMILES string of the molecule is CNCCCNC(=O)CNC(=O)c1ccccc1. The van der Waals surface area contributed by atoms with Gasteiger partial charge in [0.1, 0.15) is 0 Å². The molecular formula is C13H19N3O2. The summed E-state index contributed by atoms with van der Waals surface area (Å²) in [4.78, 5) is 23.0. The highest BCUT2D eigenvalue weighted by Crippen LogP contribution is 1.97. The van der Waals surface area contributed by atoms with Gasteiger partial charge in [0.05, 0.1) is 6.54 Å². The van der Waals surface area contributed by atoms with Gasteiger partial charge in [0.2, 0.25) is 5.91 Å². The highest BCUT2D eigenvalue weighted by molar-refractivity contribution is 5.96. The molecule has 0 saturated heterocycles. The van der Waals surface area contributed by atoms with Crippen LogP contribution in [0.15, 0.2) is 30.3 Å². The largest absolute Gasteiger partial charge is 0.355 e. The maximum atomic E-state index is 11.6. The van der Waals surface area contributed by atoms with Gasteiger partial charge in [-0.1, -0.05) is 18.2 Å². The molecule has 98 valence electrons. The summed E-state index contributed by atoms with van der Waals surface area (Å²) in [6.45, 7) is 1.48. The molecule has 0 heterocycles. The van der Waals surface area contributed by atoms with E-state index in [0.717, 1.165) is 13.0 Å². The van der Waals surface area contributed by atoms with Gasteiger partial charge in [0, 0.05) is 12.1 Å². The monoisotopic (exact) mass is 249 g/mol. The van der Waals surface area contributed by atoms with Gasteiger partial charge in [-0.2, -0.15) is 0 Å². The second-order valence-corrected chi connectivity index (χ2v) is 3.86. The van der Waals surface area contributed by atoms with Crippen molar-refractivity contribution in [3.05, 3.63) is 35.9 Å². The molecular weight excluding hydrogens is 230 g/mol. The van der Waals surface area contributed by atoms with Crippen LogP contribution in [0.3, 0.4) is 0 Å². The summed E-state index contributed by atoms with van der Waals surface area (Å²) in [5.74, 6) is -0.406. The van der Waals surface area contributed by atoms with E-state index in [0.29, 0.717) is 12.1 Å². The van der Waals surface area contributed by atoms with Crippen molar-refractivity contribution in [1.82, 2.24) is 16.0 Å². The van der Waals surface area contributed by atoms with E-state index in [1.807, 2.05) is 13.1 Å². The fraction of sp³-hybridized carbons (Fsp3) is 0.385. The molecule has 0 aliphatic rings. The van der Waals surface area contributed by atoms with Crippen molar-refractivity contribution in [2.45, 2.75) is 6.42 Å². The molecule has 5 heteroatoms. The Morgan fingerprint density at radius 3 is 2.44 bits per heavy atom. The molecule has 0 atom stereocenters. The fourth-order valence-corrected chi connectivity index (χ4v) is 1.41. The number of nitrogens with one attached hydrogen (secondary N) is 3. The van der Waals surface area contributed by atoms with Crippen LogP contribution >= 0.6 is 0 Å². The Kier molecular flexibility index (Phi) is 6.50. The number of hydrogen-bond acceptors (Lipinski definition) is 3. The summed E-state index contributed by atoms with van der Waals surface area (Å²) in [6, 6.07) is 8.82. The lowest BCUT2D eigenvalue weighted by Gasteiger charge is -2.06. The van der Waals surface area contributed by atoms with Crippen molar-refractivity contribution in [3.63, 3.8) is 0 Å². The van der Waals surface area contributed by atoms with Crippen molar-refractivity contribution in [3.8, 4) is 0 Å². The third-order valence-electron chi connectivity index (χ3n) is 2.37. The van der Waals surface area contributed by atoms with Crippen LogP contribution in [0, 0.1) is 0 Å². The standard InChI is InChI=1S/C13H19N3O2/c1-14-8-5-9-15-12(17)10-16-13(18)11-6-3-2-4-7-11/h2-4,6-7,14H,5,8-10H2,1H3,(H,15,17)(H,16,18). The molecule has 1 aromatic carbocycles. The Bertz CT molecular complexity index is 379. The van der Waals surface area contributed by atoms with Gasteiger partial charge in [0.25, 0.3) is 5.91 Å². The van der Waals surface area contributed by atoms with E-state index in [4.69, 9.17) is 0 Å². The summed E-state index contributed by atoms with van der Waals surface area (Å²) >= 11 is 0. The van der Waals surface area contributed by atoms with Crippen molar-refractivity contribution in [2.75, 3.05) is 26.7 Å². The molecule has 0 aromatic heterocycles. The van der Waals surface area contributed by atoms with Crippen LogP contribution in [-0.2, 0) is 4.79 Å². The minimum Gasteiger partial charge on any atom is -0.355 e. The molecule has 1 aromatic rings. The zero-order valence-electron chi connectivity index (χ0n) is 10.5. The third kappa shape index (κ3) is 5.45. The van der Waals surface area contributed by atoms with Gasteiger partial charge in [-0.15, -0.1) is 0 Å². The van der Waals surface area contributed by atoms with Crippen LogP contribution in [0.25, 0.3) is 0 Å². The van der Waals surface area contributed by atoms with Crippen molar-refractivity contribution < 1.29 is 9.59 Å². The van der Waals surface area contributed by atoms with Gasteiger partial charge >= 0.3 is 0 Å². The third-order valence-corrected chi connectivity index (χ3v) is 2.37. The zero-order valence-corrected chi connectivity index (χ0v) is 10.5. The van der Waals surface area contributed by atoms with E-state index < -0.39 is 0 Å². The topological polar surface area (TPSA) is 70.2 Å². The number of carbonyl (C=O) groups excluding carboxylic acids is 2. The van der Waals surface area contributed by atoms with E-state index in [2.05, 4.69) is 16.0 Å². The molecule has 0 unspecified atom stereocenters. The first kappa shape index (κ1) is 14.2. The van der Waals surface area contributed by atoms with Crippen LogP contribution < -0.4 is 16.0 Å². The van der Waals surface area contributed by atoms with Gasteiger partial charge in [-0.25, -0.2) is 0 Å². The second kappa shape index (κ2) is 8.25. The van der Waals surface area contributed by atoms with E-state index in [-0.39, 0.29) is 18.4 Å². The lowest BCUT2D eigenvalue weighted by Crippen LogP contribution is -2.37. The van der Waals surface area contributed by atoms with Gasteiger partial charge < -0.3 is 16.0 Å². The maximum absolute atomic E-state index is 11.6. The van der Waals surface area contributed by atoms with Crippen molar-refractivity contribution in [2.24, 2.45) is 0 Å². The maximum Gasteiger partial charge on any atom is 0.251 e. The number of amides is 2. The van der Waals surface area contributed by atoms with Gasteiger partial charge in [0.15, 0.2) is 0 Å². The van der Waals surface area contributed by atoms with E-state index in [9.17, 15) is 9.59 Å². The molecule has 18 heavy (non-hydrogen) atoms. The first-order valence-electron chi connectivity index (χ1n) is 5.98. The average Bonchev–Trinajstić information content (AvgIpc) is 2.42. The second-order valence-electron chi connectivity index (χ2n) is 3.86. The minimum atomic E-state index is -0.235. The minimum absolute atomic E-state index is 0.00722. The summed E-state index contributed by atoms with van der Waals surface area (Å²) in [5, 5.41) is 8.30. The average molecular weight is 249 g/mol. The number of rotatable bonds is 7. The predicted octanol–water partition coefficient (Wildman–Crippen LogP) is 0.142. The van der Waals surface area contributed by atoms with E-state index in [1.54, 1.807) is 24.3 Å². The Labute approximate surface area is 107 Å². The Morgan fingerprint density at radius 2 is 1.78 bits per heavy atom. The van der Waals surface area contributed by atoms with Crippen molar-refractivity contribution in [1.29, 1.82) is 0 Å². The van der Waals surface area contributed by atoms with E-state index in [1.165, 1.54) is 0 Å². The smallest absolute Gasteiger partial charge is 0.251 e. The molecule has 0 bridgehead atoms. The highest BCUT2D eigenvalue weighted by atomic mass is 16.2. The summed E-state index contributed by atoms with van der Waals surface area (Å²) in [5.41, 5.74) is 0.556. The summed E-state index contributed by atoms with van der Waals surface area (Å²) in [6.07, 6.45) is 0.870. The Morgan fingerprint density at radius 1 is 1.06 bits per heavy atom. The molecule has 3 N–H and O–H groups in total. The van der Waals surface area contributed by atoms with Crippen LogP contribution in [-0.4, -0.2) is 38.5 Å². The highest BCUT2D eigenvalue weighted by Gasteiger charge is 2.06. The van der Waals surface area contributed by atoms with Crippen LogP contribution in [0.1, 0.15) is 16.8 Å². The Balaban J connectivity index is 2.20. The lowest BCUT2D eigenvalue weighted by molar-refractivity contribution is -0.120. The molecule has 2 amide bonds. The van der Waals surface area contributed by atoms with Gasteiger partial charge in [-0.05, 0) is 32.1 Å². The quantitative estimate of drug-likeness (QED) is 0.602. The molecule has 0 aliphatic heterocycles. The molecule has 1 rings (SSSR count). The summed E-state index contributed by atoms with van der Waals surface area (Å²) in [7, 11) is 1.86. The molecule has 0 radical (unpaired) electrons. The molecule has 5 nitrogen and oxygen atoms in total. The normalized spacial score (nSPS) is 9.83.